The number of carbonyl (C=O) groups is 2. The van der Waals surface area contributed by atoms with E-state index in [-0.39, 0.29) is 42.5 Å². The lowest BCUT2D eigenvalue weighted by molar-refractivity contribution is -0.139. The Bertz CT molecular complexity index is 1090. The highest BCUT2D eigenvalue weighted by Crippen LogP contribution is 2.51. The second-order valence-corrected chi connectivity index (χ2v) is 11.4. The van der Waals surface area contributed by atoms with E-state index in [9.17, 15) is 9.59 Å². The number of fused-ring (bicyclic) bond motifs is 3. The van der Waals surface area contributed by atoms with Gasteiger partial charge in [0, 0.05) is 37.2 Å². The standard InChI is InChI=1S/C32H44N4O3/c37-22-20-33-19-10-2-5-17-29(38)34-28-16-9-7-14-25(28)32(39)36-21-18-26-30(23-11-3-1-4-12-23)35-27-15-8-6-13-24(27)31(26)36/h1,3-4,6,8,11-13,15,25-26,28,30-31,33,35,37H,2,5,7,9-10,14,16-22H2,(H,34,38). The van der Waals surface area contributed by atoms with Crippen LogP contribution < -0.4 is 16.0 Å². The minimum atomic E-state index is -0.152. The van der Waals surface area contributed by atoms with Crippen LogP contribution in [0, 0.1) is 11.8 Å². The fraction of sp³-hybridized carbons (Fsp3) is 0.562. The van der Waals surface area contributed by atoms with E-state index in [0.29, 0.717) is 18.9 Å². The lowest BCUT2D eigenvalue weighted by Crippen LogP contribution is -2.50. The molecule has 210 valence electrons. The second kappa shape index (κ2) is 13.4. The highest BCUT2D eigenvalue weighted by Gasteiger charge is 2.48. The van der Waals surface area contributed by atoms with Crippen molar-refractivity contribution in [2.45, 2.75) is 75.9 Å². The molecule has 39 heavy (non-hydrogen) atoms. The molecule has 2 aliphatic heterocycles. The van der Waals surface area contributed by atoms with Crippen LogP contribution in [0.4, 0.5) is 5.69 Å². The van der Waals surface area contributed by atoms with Crippen molar-refractivity contribution in [3.63, 3.8) is 0 Å². The number of aliphatic hydroxyl groups is 1. The van der Waals surface area contributed by atoms with E-state index in [0.717, 1.165) is 70.1 Å². The van der Waals surface area contributed by atoms with Gasteiger partial charge in [0.1, 0.15) is 0 Å². The number of benzene rings is 2. The first-order valence-corrected chi connectivity index (χ1v) is 15.0. The Labute approximate surface area is 232 Å². The van der Waals surface area contributed by atoms with Crippen LogP contribution in [0.5, 0.6) is 0 Å². The number of hydrogen-bond acceptors (Lipinski definition) is 5. The summed E-state index contributed by atoms with van der Waals surface area (Å²) in [6.45, 7) is 2.39. The van der Waals surface area contributed by atoms with Gasteiger partial charge in [0.05, 0.1) is 24.6 Å². The molecule has 3 aliphatic rings. The number of likely N-dealkylation sites (tertiary alicyclic amines) is 1. The van der Waals surface area contributed by atoms with E-state index in [1.807, 2.05) is 0 Å². The van der Waals surface area contributed by atoms with Gasteiger partial charge in [0.25, 0.3) is 0 Å². The molecule has 5 unspecified atom stereocenters. The van der Waals surface area contributed by atoms with Crippen LogP contribution in [0.2, 0.25) is 0 Å². The molecule has 1 aliphatic carbocycles. The van der Waals surface area contributed by atoms with E-state index >= 15 is 0 Å². The lowest BCUT2D eigenvalue weighted by atomic mass is 9.79. The maximum absolute atomic E-state index is 14.2. The molecule has 2 amide bonds. The van der Waals surface area contributed by atoms with Crippen molar-refractivity contribution < 1.29 is 14.7 Å². The second-order valence-electron chi connectivity index (χ2n) is 11.4. The molecule has 7 nitrogen and oxygen atoms in total. The lowest BCUT2D eigenvalue weighted by Gasteiger charge is -2.42. The number of amides is 2. The first kappa shape index (κ1) is 27.7. The van der Waals surface area contributed by atoms with E-state index < -0.39 is 0 Å². The van der Waals surface area contributed by atoms with E-state index in [1.165, 1.54) is 11.1 Å². The fourth-order valence-corrected chi connectivity index (χ4v) is 6.97. The Balaban J connectivity index is 1.25. The van der Waals surface area contributed by atoms with Gasteiger partial charge >= 0.3 is 0 Å². The average molecular weight is 533 g/mol. The third-order valence-electron chi connectivity index (χ3n) is 8.88. The Morgan fingerprint density at radius 3 is 2.56 bits per heavy atom. The van der Waals surface area contributed by atoms with Crippen LogP contribution in [-0.4, -0.2) is 54.1 Å². The quantitative estimate of drug-likeness (QED) is 0.319. The molecular formula is C32H44N4O3. The maximum atomic E-state index is 14.2. The monoisotopic (exact) mass is 532 g/mol. The largest absolute Gasteiger partial charge is 0.395 e. The number of rotatable bonds is 11. The number of para-hydroxylation sites is 1. The van der Waals surface area contributed by atoms with E-state index in [1.54, 1.807) is 0 Å². The van der Waals surface area contributed by atoms with Crippen LogP contribution in [0.15, 0.2) is 54.6 Å². The van der Waals surface area contributed by atoms with Gasteiger partial charge in [-0.1, -0.05) is 67.8 Å². The van der Waals surface area contributed by atoms with Gasteiger partial charge < -0.3 is 26.0 Å². The summed E-state index contributed by atoms with van der Waals surface area (Å²) in [5.41, 5.74) is 3.60. The predicted octanol–water partition coefficient (Wildman–Crippen LogP) is 4.56. The first-order valence-electron chi connectivity index (χ1n) is 15.0. The zero-order chi connectivity index (χ0) is 27.0. The maximum Gasteiger partial charge on any atom is 0.228 e. The van der Waals surface area contributed by atoms with Gasteiger partial charge in [0.15, 0.2) is 0 Å². The third-order valence-corrected chi connectivity index (χ3v) is 8.88. The highest BCUT2D eigenvalue weighted by molar-refractivity contribution is 5.83. The minimum Gasteiger partial charge on any atom is -0.395 e. The number of carbonyl (C=O) groups excluding carboxylic acids is 2. The number of anilines is 1. The Morgan fingerprint density at radius 1 is 0.923 bits per heavy atom. The van der Waals surface area contributed by atoms with Crippen molar-refractivity contribution in [3.05, 3.63) is 65.7 Å². The highest BCUT2D eigenvalue weighted by atomic mass is 16.3. The molecule has 2 heterocycles. The topological polar surface area (TPSA) is 93.7 Å². The van der Waals surface area contributed by atoms with E-state index in [4.69, 9.17) is 5.11 Å². The molecule has 0 radical (unpaired) electrons. The summed E-state index contributed by atoms with van der Waals surface area (Å²) in [5, 5.41) is 19.1. The molecule has 2 aromatic carbocycles. The smallest absolute Gasteiger partial charge is 0.228 e. The molecular weight excluding hydrogens is 488 g/mol. The molecule has 4 N–H and O–H groups in total. The van der Waals surface area contributed by atoms with Gasteiger partial charge in [-0.15, -0.1) is 0 Å². The van der Waals surface area contributed by atoms with Gasteiger partial charge in [0.2, 0.25) is 11.8 Å². The molecule has 2 aromatic rings. The summed E-state index contributed by atoms with van der Waals surface area (Å²) in [7, 11) is 0. The normalized spacial score (nSPS) is 25.9. The van der Waals surface area contributed by atoms with E-state index in [2.05, 4.69) is 75.4 Å². The van der Waals surface area contributed by atoms with Crippen LogP contribution in [0.1, 0.15) is 81.0 Å². The Kier molecular flexibility index (Phi) is 9.53. The zero-order valence-electron chi connectivity index (χ0n) is 23.0. The molecule has 5 rings (SSSR count). The van der Waals surface area contributed by atoms with Crippen molar-refractivity contribution >= 4 is 17.5 Å². The molecule has 0 spiro atoms. The van der Waals surface area contributed by atoms with Gasteiger partial charge in [-0.25, -0.2) is 0 Å². The van der Waals surface area contributed by atoms with Crippen LogP contribution in [0.3, 0.4) is 0 Å². The van der Waals surface area contributed by atoms with Crippen molar-refractivity contribution in [2.75, 3.05) is 31.6 Å². The van der Waals surface area contributed by atoms with Crippen molar-refractivity contribution in [1.29, 1.82) is 0 Å². The molecule has 0 aromatic heterocycles. The number of nitrogens with one attached hydrogen (secondary N) is 3. The fourth-order valence-electron chi connectivity index (χ4n) is 6.97. The summed E-state index contributed by atoms with van der Waals surface area (Å²) < 4.78 is 0. The molecule has 7 heteroatoms. The van der Waals surface area contributed by atoms with Gasteiger partial charge in [-0.2, -0.15) is 0 Å². The van der Waals surface area contributed by atoms with Crippen LogP contribution in [0.25, 0.3) is 0 Å². The predicted molar refractivity (Wildman–Crippen MR) is 154 cm³/mol. The molecule has 0 bridgehead atoms. The summed E-state index contributed by atoms with van der Waals surface area (Å²) in [6, 6.07) is 19.2. The summed E-state index contributed by atoms with van der Waals surface area (Å²) in [5.74, 6) is 0.445. The van der Waals surface area contributed by atoms with Gasteiger partial charge in [-0.3, -0.25) is 9.59 Å². The first-order chi connectivity index (χ1) is 19.2. The van der Waals surface area contributed by atoms with Crippen LogP contribution in [-0.2, 0) is 9.59 Å². The average Bonchev–Trinajstić information content (AvgIpc) is 3.42. The third kappa shape index (κ3) is 6.47. The minimum absolute atomic E-state index is 0.0536. The number of aliphatic hydroxyl groups excluding tert-OH is 1. The molecule has 1 saturated heterocycles. The van der Waals surface area contributed by atoms with Crippen molar-refractivity contribution in [1.82, 2.24) is 15.5 Å². The number of unbranched alkanes of at least 4 members (excludes halogenated alkanes) is 2. The molecule has 1 saturated carbocycles. The summed E-state index contributed by atoms with van der Waals surface area (Å²) in [4.78, 5) is 29.2. The van der Waals surface area contributed by atoms with Crippen LogP contribution >= 0.6 is 0 Å². The molecule has 2 fully saturated rings. The SMILES string of the molecule is O=C(CCCCCNCCO)NC1CCCCC1C(=O)N1CCC2C(c3ccccc3)Nc3ccccc3C21. The van der Waals surface area contributed by atoms with Gasteiger partial charge in [-0.05, 0) is 55.8 Å². The molecule has 5 atom stereocenters. The number of nitrogens with zero attached hydrogens (tertiary/aromatic N) is 1. The Morgan fingerprint density at radius 2 is 1.72 bits per heavy atom. The van der Waals surface area contributed by atoms with Crippen molar-refractivity contribution in [2.24, 2.45) is 11.8 Å². The summed E-state index contributed by atoms with van der Waals surface area (Å²) >= 11 is 0. The Hall–Kier alpha value is -2.90. The summed E-state index contributed by atoms with van der Waals surface area (Å²) in [6.07, 6.45) is 8.10. The van der Waals surface area contributed by atoms with Crippen molar-refractivity contribution in [3.8, 4) is 0 Å². The zero-order valence-corrected chi connectivity index (χ0v) is 23.0. The number of hydrogen-bond donors (Lipinski definition) is 4.